The molecule has 4 aromatic rings. The number of benzene rings is 2. The molecule has 0 unspecified atom stereocenters. The number of aromatic nitrogens is 2. The van der Waals surface area contributed by atoms with Gasteiger partial charge in [-0.15, -0.1) is 0 Å². The first-order valence-electron chi connectivity index (χ1n) is 11.4. The Morgan fingerprint density at radius 2 is 1.52 bits per heavy atom. The van der Waals surface area contributed by atoms with E-state index in [9.17, 15) is 31.2 Å². The summed E-state index contributed by atoms with van der Waals surface area (Å²) in [5, 5.41) is 8.68. The number of aryl methyl sites for hydroxylation is 1. The van der Waals surface area contributed by atoms with Crippen molar-refractivity contribution in [1.29, 1.82) is 0 Å². The average Bonchev–Trinajstić information content (AvgIpc) is 2.86. The fourth-order valence-electron chi connectivity index (χ4n) is 3.80. The minimum absolute atomic E-state index is 0.130. The summed E-state index contributed by atoms with van der Waals surface area (Å²) >= 11 is 18.7. The Morgan fingerprint density at radius 1 is 0.976 bits per heavy atom. The zero-order chi connectivity index (χ0) is 31.7. The number of rotatable bonds is 5. The molecule has 9 nitrogen and oxygen atoms in total. The third kappa shape index (κ3) is 7.40. The third-order valence-corrected chi connectivity index (χ3v) is 6.96. The van der Waals surface area contributed by atoms with Gasteiger partial charge >= 0.3 is 12.1 Å². The van der Waals surface area contributed by atoms with Crippen molar-refractivity contribution < 1.29 is 36.3 Å². The molecular formula is C26H19Cl3F3N3O6S. The zero-order valence-corrected chi connectivity index (χ0v) is 24.8. The van der Waals surface area contributed by atoms with E-state index in [1.807, 2.05) is 0 Å². The molecule has 0 bridgehead atoms. The number of carboxylic acids is 1. The Labute approximate surface area is 251 Å². The lowest BCUT2D eigenvalue weighted by molar-refractivity contribution is -0.192. The lowest BCUT2D eigenvalue weighted by Gasteiger charge is -2.18. The van der Waals surface area contributed by atoms with E-state index in [1.54, 1.807) is 48.5 Å². The number of pyridine rings is 2. The number of halogens is 6. The number of nitrogens with zero attached hydrogens (tertiary/aromatic N) is 2. The zero-order valence-electron chi connectivity index (χ0n) is 21.7. The number of sulfonamides is 1. The number of fused-ring (bicyclic) bond motifs is 1. The first-order valence-corrected chi connectivity index (χ1v) is 14.4. The molecule has 0 aliphatic heterocycles. The summed E-state index contributed by atoms with van der Waals surface area (Å²) < 4.78 is 59.6. The second-order valence-electron chi connectivity index (χ2n) is 8.73. The number of alkyl halides is 3. The number of nitrogens with one attached hydrogen (secondary N) is 1. The highest BCUT2D eigenvalue weighted by Crippen LogP contribution is 2.39. The van der Waals surface area contributed by atoms with E-state index in [0.29, 0.717) is 37.5 Å². The van der Waals surface area contributed by atoms with Crippen molar-refractivity contribution >= 4 is 73.3 Å². The lowest BCUT2D eigenvalue weighted by atomic mass is 9.97. The van der Waals surface area contributed by atoms with Crippen LogP contribution in [0.3, 0.4) is 0 Å². The number of ketones is 1. The van der Waals surface area contributed by atoms with Crippen molar-refractivity contribution in [3.05, 3.63) is 79.5 Å². The second-order valence-corrected chi connectivity index (χ2v) is 11.8. The van der Waals surface area contributed by atoms with Crippen molar-refractivity contribution in [1.82, 2.24) is 9.55 Å². The number of carbonyl (C=O) groups is 2. The quantitative estimate of drug-likeness (QED) is 0.235. The van der Waals surface area contributed by atoms with E-state index in [4.69, 9.17) is 49.7 Å². The third-order valence-electron chi connectivity index (χ3n) is 5.58. The molecule has 2 N–H and O–H groups in total. The Hall–Kier alpha value is -3.65. The summed E-state index contributed by atoms with van der Waals surface area (Å²) in [6, 6.07) is 13.6. The van der Waals surface area contributed by atoms with Gasteiger partial charge in [0.1, 0.15) is 11.2 Å². The predicted octanol–water partition coefficient (Wildman–Crippen LogP) is 6.44. The van der Waals surface area contributed by atoms with Crippen molar-refractivity contribution in [2.45, 2.75) is 13.1 Å². The van der Waals surface area contributed by atoms with E-state index in [1.165, 1.54) is 18.5 Å². The first kappa shape index (κ1) is 32.9. The SMILES string of the molecule is CC(=O)c1c(NS(C)(=O)=O)c2cc(-c3ccc(Cl)cc3)c(-c3ccc(Cl)cc3Cl)nc2n(C)c1=O.O=C(O)C(F)(F)F. The van der Waals surface area contributed by atoms with Crippen LogP contribution in [-0.4, -0.2) is 47.3 Å². The fraction of sp³-hybridized carbons (Fsp3) is 0.154. The molecule has 0 aliphatic rings. The maximum Gasteiger partial charge on any atom is 0.490 e. The van der Waals surface area contributed by atoms with Gasteiger partial charge in [-0.1, -0.05) is 46.9 Å². The van der Waals surface area contributed by atoms with Crippen LogP contribution < -0.4 is 10.3 Å². The van der Waals surface area contributed by atoms with Gasteiger partial charge in [-0.3, -0.25) is 18.9 Å². The highest BCUT2D eigenvalue weighted by Gasteiger charge is 2.38. The Balaban J connectivity index is 0.000000616. The van der Waals surface area contributed by atoms with Crippen LogP contribution in [0.25, 0.3) is 33.4 Å². The summed E-state index contributed by atoms with van der Waals surface area (Å²) in [4.78, 5) is 39.1. The highest BCUT2D eigenvalue weighted by atomic mass is 35.5. The maximum atomic E-state index is 13.1. The highest BCUT2D eigenvalue weighted by molar-refractivity contribution is 7.92. The molecule has 0 fully saturated rings. The summed E-state index contributed by atoms with van der Waals surface area (Å²) in [5.41, 5.74) is 1.31. The number of carbonyl (C=O) groups excluding carboxylic acids is 1. The Bertz CT molecular complexity index is 1890. The van der Waals surface area contributed by atoms with Crippen LogP contribution in [0.15, 0.2) is 53.3 Å². The molecule has 0 aliphatic carbocycles. The number of hydrogen-bond acceptors (Lipinski definition) is 6. The molecule has 2 aromatic carbocycles. The number of hydrogen-bond donors (Lipinski definition) is 2. The van der Waals surface area contributed by atoms with Gasteiger partial charge in [-0.05, 0) is 48.9 Å². The number of aliphatic carboxylic acids is 1. The van der Waals surface area contributed by atoms with Crippen LogP contribution in [0.2, 0.25) is 15.1 Å². The monoisotopic (exact) mass is 663 g/mol. The first-order chi connectivity index (χ1) is 19.3. The van der Waals surface area contributed by atoms with Crippen LogP contribution in [-0.2, 0) is 21.9 Å². The molecule has 16 heteroatoms. The normalized spacial score (nSPS) is 11.5. The van der Waals surface area contributed by atoms with Crippen molar-refractivity contribution in [3.8, 4) is 22.4 Å². The topological polar surface area (TPSA) is 135 Å². The van der Waals surface area contributed by atoms with Crippen LogP contribution in [0, 0.1) is 0 Å². The molecule has 2 aromatic heterocycles. The number of anilines is 1. The lowest BCUT2D eigenvalue weighted by Crippen LogP contribution is -2.27. The number of Topliss-reactive ketones (excluding diaryl/α,β-unsaturated/α-hetero) is 1. The molecule has 0 spiro atoms. The standard InChI is InChI=1S/C24H18Cl3N3O4S.C2HF3O2/c1-12(31)20-22(29-35(3,33)34)18-11-17(13-4-6-14(25)7-5-13)21(28-23(18)30(2)24(20)32)16-9-8-15(26)10-19(16)27;3-2(4,5)1(6)7/h4-11,29H,1-3H3;(H,6,7). The van der Waals surface area contributed by atoms with Gasteiger partial charge < -0.3 is 5.11 Å². The van der Waals surface area contributed by atoms with E-state index in [2.05, 4.69) is 4.72 Å². The van der Waals surface area contributed by atoms with Gasteiger partial charge in [-0.25, -0.2) is 18.2 Å². The van der Waals surface area contributed by atoms with Crippen LogP contribution in [0.1, 0.15) is 17.3 Å². The second kappa shape index (κ2) is 12.3. The Morgan fingerprint density at radius 3 is 2.00 bits per heavy atom. The van der Waals surface area contributed by atoms with E-state index in [-0.39, 0.29) is 22.3 Å². The smallest absolute Gasteiger partial charge is 0.475 e. The maximum absolute atomic E-state index is 13.1. The van der Waals surface area contributed by atoms with Crippen LogP contribution in [0.4, 0.5) is 18.9 Å². The largest absolute Gasteiger partial charge is 0.490 e. The van der Waals surface area contributed by atoms with E-state index >= 15 is 0 Å². The molecule has 0 radical (unpaired) electrons. The molecule has 4 rings (SSSR count). The Kier molecular flexibility index (Phi) is 9.62. The van der Waals surface area contributed by atoms with E-state index in [0.717, 1.165) is 6.26 Å². The molecule has 0 amide bonds. The van der Waals surface area contributed by atoms with Gasteiger partial charge in [-0.2, -0.15) is 13.2 Å². The molecular weight excluding hydrogens is 646 g/mol. The molecule has 0 saturated heterocycles. The van der Waals surface area contributed by atoms with Crippen molar-refractivity contribution in [2.24, 2.45) is 7.05 Å². The fourth-order valence-corrected chi connectivity index (χ4v) is 5.01. The minimum atomic E-state index is -5.08. The molecule has 2 heterocycles. The van der Waals surface area contributed by atoms with Gasteiger partial charge in [0.15, 0.2) is 5.78 Å². The minimum Gasteiger partial charge on any atom is -0.475 e. The van der Waals surface area contributed by atoms with Gasteiger partial charge in [0.05, 0.1) is 22.7 Å². The van der Waals surface area contributed by atoms with Gasteiger partial charge in [0.25, 0.3) is 5.56 Å². The van der Waals surface area contributed by atoms with Gasteiger partial charge in [0.2, 0.25) is 10.0 Å². The van der Waals surface area contributed by atoms with Crippen molar-refractivity contribution in [2.75, 3.05) is 11.0 Å². The molecule has 0 saturated carbocycles. The van der Waals surface area contributed by atoms with Crippen molar-refractivity contribution in [3.63, 3.8) is 0 Å². The van der Waals surface area contributed by atoms with Gasteiger partial charge in [0, 0.05) is 33.6 Å². The average molecular weight is 665 g/mol. The summed E-state index contributed by atoms with van der Waals surface area (Å²) in [6.45, 7) is 1.20. The molecule has 42 heavy (non-hydrogen) atoms. The van der Waals surface area contributed by atoms with E-state index < -0.39 is 33.5 Å². The van der Waals surface area contributed by atoms with Crippen LogP contribution in [0.5, 0.6) is 0 Å². The molecule has 0 atom stereocenters. The number of carboxylic acid groups (broad SMARTS) is 1. The molecule has 222 valence electrons. The summed E-state index contributed by atoms with van der Waals surface area (Å²) in [5.74, 6) is -3.34. The predicted molar refractivity (Wildman–Crippen MR) is 155 cm³/mol. The van der Waals surface area contributed by atoms with Crippen LogP contribution >= 0.6 is 34.8 Å². The summed E-state index contributed by atoms with van der Waals surface area (Å²) in [6.07, 6.45) is -4.14. The summed E-state index contributed by atoms with van der Waals surface area (Å²) in [7, 11) is -2.38.